The zero-order chi connectivity index (χ0) is 15.6. The van der Waals surface area contributed by atoms with Gasteiger partial charge in [0.15, 0.2) is 5.82 Å². The zero-order valence-corrected chi connectivity index (χ0v) is 13.2. The number of rotatable bonds is 3. The van der Waals surface area contributed by atoms with Gasteiger partial charge in [0.2, 0.25) is 5.16 Å². The molecule has 1 N–H and O–H groups in total. The van der Waals surface area contributed by atoms with Gasteiger partial charge in [0, 0.05) is 5.41 Å². The maximum absolute atomic E-state index is 5.44. The molecule has 2 heterocycles. The third kappa shape index (κ3) is 2.47. The van der Waals surface area contributed by atoms with Gasteiger partial charge in [-0.15, -0.1) is 10.2 Å². The Morgan fingerprint density at radius 2 is 1.78 bits per heavy atom. The number of fused-ring (bicyclic) bond motifs is 1. The lowest BCUT2D eigenvalue weighted by Crippen LogP contribution is -2.18. The van der Waals surface area contributed by atoms with E-state index in [0.29, 0.717) is 0 Å². The van der Waals surface area contributed by atoms with Gasteiger partial charge >= 0.3 is 0 Å². The van der Waals surface area contributed by atoms with Crippen molar-refractivity contribution in [2.24, 2.45) is 0 Å². The number of nitrogens with zero attached hydrogens (tertiary/aromatic N) is 3. The zero-order valence-electron chi connectivity index (χ0n) is 12.4. The van der Waals surface area contributed by atoms with Crippen molar-refractivity contribution in [1.29, 1.82) is 0 Å². The first-order valence-electron chi connectivity index (χ1n) is 7.15. The van der Waals surface area contributed by atoms with E-state index in [1.165, 1.54) is 0 Å². The second kappa shape index (κ2) is 5.81. The Labute approximate surface area is 138 Å². The van der Waals surface area contributed by atoms with Gasteiger partial charge in [0.25, 0.3) is 0 Å². The molecule has 0 spiro atoms. The summed E-state index contributed by atoms with van der Waals surface area (Å²) in [5, 5.41) is 11.4. The Kier molecular flexibility index (Phi) is 3.51. The fourth-order valence-corrected chi connectivity index (χ4v) is 3.20. The summed E-state index contributed by atoms with van der Waals surface area (Å²) in [7, 11) is 1.66. The Bertz CT molecular complexity index is 873. The fraction of sp³-hybridized carbons (Fsp3) is 0.0588. The number of thioether (sulfide) groups is 1. The Morgan fingerprint density at radius 1 is 1.00 bits per heavy atom. The van der Waals surface area contributed by atoms with E-state index in [9.17, 15) is 0 Å². The molecule has 4 rings (SSSR count). The molecule has 0 saturated heterocycles. The van der Waals surface area contributed by atoms with Gasteiger partial charge in [-0.25, -0.2) is 4.68 Å². The van der Waals surface area contributed by atoms with E-state index >= 15 is 0 Å². The Morgan fingerprint density at radius 3 is 2.61 bits per heavy atom. The largest absolute Gasteiger partial charge is 0.496 e. The predicted molar refractivity (Wildman–Crippen MR) is 91.6 cm³/mol. The summed E-state index contributed by atoms with van der Waals surface area (Å²) < 4.78 is 7.34. The molecule has 1 aliphatic heterocycles. The first kappa shape index (κ1) is 13.9. The Hall–Kier alpha value is -2.73. The lowest BCUT2D eigenvalue weighted by atomic mass is 10.2. The van der Waals surface area contributed by atoms with Gasteiger partial charge in [-0.3, -0.25) is 5.43 Å². The van der Waals surface area contributed by atoms with Gasteiger partial charge in [-0.1, -0.05) is 54.2 Å². The molecule has 1 aliphatic rings. The van der Waals surface area contributed by atoms with Crippen LogP contribution in [0.5, 0.6) is 5.75 Å². The number of methoxy groups -OCH3 is 1. The first-order valence-corrected chi connectivity index (χ1v) is 8.03. The molecule has 0 atom stereocenters. The van der Waals surface area contributed by atoms with Crippen molar-refractivity contribution in [3.8, 4) is 17.1 Å². The van der Waals surface area contributed by atoms with Crippen LogP contribution in [-0.2, 0) is 0 Å². The molecular formula is C17H14N4OS. The molecule has 0 unspecified atom stereocenters. The van der Waals surface area contributed by atoms with Gasteiger partial charge in [0.1, 0.15) is 5.75 Å². The Balaban J connectivity index is 1.75. The van der Waals surface area contributed by atoms with E-state index in [2.05, 4.69) is 27.8 Å². The quantitative estimate of drug-likeness (QED) is 0.798. The summed E-state index contributed by atoms with van der Waals surface area (Å²) in [5.74, 6) is 1.50. The molecule has 2 aromatic carbocycles. The monoisotopic (exact) mass is 322 g/mol. The average molecular weight is 322 g/mol. The molecule has 23 heavy (non-hydrogen) atoms. The standard InChI is InChI=1S/C17H14N4OS/c1-22-15-10-6-5-9-13(15)16-18-19-17-21(16)20-14(11-23-17)12-7-3-2-4-8-12/h2-11,20H,1H3. The highest BCUT2D eigenvalue weighted by molar-refractivity contribution is 8.02. The van der Waals surface area contributed by atoms with Gasteiger partial charge in [0.05, 0.1) is 18.4 Å². The third-order valence-electron chi connectivity index (χ3n) is 3.58. The van der Waals surface area contributed by atoms with Crippen molar-refractivity contribution in [3.05, 3.63) is 65.6 Å². The van der Waals surface area contributed by atoms with Crippen molar-refractivity contribution < 1.29 is 4.74 Å². The molecule has 114 valence electrons. The number of hydrogen-bond donors (Lipinski definition) is 1. The molecular weight excluding hydrogens is 308 g/mol. The lowest BCUT2D eigenvalue weighted by Gasteiger charge is -2.19. The summed E-state index contributed by atoms with van der Waals surface area (Å²) in [6, 6.07) is 18.0. The second-order valence-corrected chi connectivity index (χ2v) is 5.81. The topological polar surface area (TPSA) is 52.0 Å². The molecule has 0 radical (unpaired) electrons. The summed E-state index contributed by atoms with van der Waals surface area (Å²) in [4.78, 5) is 0. The summed E-state index contributed by atoms with van der Waals surface area (Å²) in [6.07, 6.45) is 0. The minimum Gasteiger partial charge on any atom is -0.496 e. The molecule has 0 saturated carbocycles. The van der Waals surface area contributed by atoms with Crippen molar-refractivity contribution in [3.63, 3.8) is 0 Å². The van der Waals surface area contributed by atoms with Crippen molar-refractivity contribution in [2.75, 3.05) is 12.5 Å². The number of hydrogen-bond acceptors (Lipinski definition) is 5. The number of nitrogens with one attached hydrogen (secondary N) is 1. The third-order valence-corrected chi connectivity index (χ3v) is 4.41. The van der Waals surface area contributed by atoms with Crippen molar-refractivity contribution in [1.82, 2.24) is 14.9 Å². The van der Waals surface area contributed by atoms with Crippen LogP contribution in [-0.4, -0.2) is 22.0 Å². The minimum atomic E-state index is 0.728. The van der Waals surface area contributed by atoms with Crippen LogP contribution in [0.4, 0.5) is 0 Å². The van der Waals surface area contributed by atoms with E-state index in [0.717, 1.165) is 33.6 Å². The molecule has 0 amide bonds. The lowest BCUT2D eigenvalue weighted by molar-refractivity contribution is 0.416. The van der Waals surface area contributed by atoms with Crippen LogP contribution >= 0.6 is 11.8 Å². The first-order chi connectivity index (χ1) is 11.4. The molecule has 5 nitrogen and oxygen atoms in total. The molecule has 0 aliphatic carbocycles. The number of para-hydroxylation sites is 1. The van der Waals surface area contributed by atoms with Crippen molar-refractivity contribution in [2.45, 2.75) is 5.16 Å². The second-order valence-electron chi connectivity index (χ2n) is 4.97. The van der Waals surface area contributed by atoms with Crippen LogP contribution < -0.4 is 10.2 Å². The van der Waals surface area contributed by atoms with Crippen LogP contribution in [0.1, 0.15) is 5.56 Å². The van der Waals surface area contributed by atoms with Crippen LogP contribution in [0, 0.1) is 0 Å². The van der Waals surface area contributed by atoms with Crippen molar-refractivity contribution >= 4 is 17.5 Å². The van der Waals surface area contributed by atoms with E-state index in [1.807, 2.05) is 52.5 Å². The maximum Gasteiger partial charge on any atom is 0.214 e. The van der Waals surface area contributed by atoms with Gasteiger partial charge < -0.3 is 4.74 Å². The molecule has 3 aromatic rings. The van der Waals surface area contributed by atoms with E-state index in [1.54, 1.807) is 18.9 Å². The smallest absolute Gasteiger partial charge is 0.214 e. The highest BCUT2D eigenvalue weighted by Gasteiger charge is 2.21. The minimum absolute atomic E-state index is 0.728. The molecule has 0 bridgehead atoms. The predicted octanol–water partition coefficient (Wildman–Crippen LogP) is 3.60. The summed E-state index contributed by atoms with van der Waals surface area (Å²) in [6.45, 7) is 0. The van der Waals surface area contributed by atoms with E-state index in [4.69, 9.17) is 4.74 Å². The maximum atomic E-state index is 5.44. The number of ether oxygens (including phenoxy) is 1. The van der Waals surface area contributed by atoms with Crippen LogP contribution in [0.25, 0.3) is 17.1 Å². The van der Waals surface area contributed by atoms with Crippen LogP contribution in [0.2, 0.25) is 0 Å². The fourth-order valence-electron chi connectivity index (χ4n) is 2.46. The molecule has 6 heteroatoms. The number of benzene rings is 2. The van der Waals surface area contributed by atoms with Gasteiger partial charge in [-0.05, 0) is 17.7 Å². The highest BCUT2D eigenvalue weighted by Crippen LogP contribution is 2.34. The normalized spacial score (nSPS) is 13.0. The highest BCUT2D eigenvalue weighted by atomic mass is 32.2. The van der Waals surface area contributed by atoms with E-state index < -0.39 is 0 Å². The molecule has 0 fully saturated rings. The number of aromatic nitrogens is 3. The summed E-state index contributed by atoms with van der Waals surface area (Å²) >= 11 is 1.54. The molecule has 1 aromatic heterocycles. The van der Waals surface area contributed by atoms with Gasteiger partial charge in [-0.2, -0.15) is 0 Å². The summed E-state index contributed by atoms with van der Waals surface area (Å²) in [5.41, 5.74) is 6.42. The SMILES string of the molecule is COc1ccccc1-c1nnc2n1NC(c1ccccc1)=CS2. The van der Waals surface area contributed by atoms with Crippen LogP contribution in [0.15, 0.2) is 65.2 Å². The average Bonchev–Trinajstić information content (AvgIpc) is 3.05. The van der Waals surface area contributed by atoms with E-state index in [-0.39, 0.29) is 0 Å². The van der Waals surface area contributed by atoms with Crippen LogP contribution in [0.3, 0.4) is 0 Å².